The van der Waals surface area contributed by atoms with E-state index in [4.69, 9.17) is 0 Å². The lowest BCUT2D eigenvalue weighted by Gasteiger charge is -2.09. The number of nitrogens with one attached hydrogen (secondary N) is 1. The maximum Gasteiger partial charge on any atom is 0.271 e. The Labute approximate surface area is 137 Å². The van der Waals surface area contributed by atoms with Crippen LogP contribution in [0.1, 0.15) is 15.9 Å². The smallest absolute Gasteiger partial charge is 0.271 e. The van der Waals surface area contributed by atoms with Gasteiger partial charge in [0.15, 0.2) is 0 Å². The van der Waals surface area contributed by atoms with Gasteiger partial charge in [0.1, 0.15) is 0 Å². The van der Waals surface area contributed by atoms with Gasteiger partial charge in [0.2, 0.25) is 0 Å². The molecule has 0 unspecified atom stereocenters. The summed E-state index contributed by atoms with van der Waals surface area (Å²) in [6.07, 6.45) is 0. The van der Waals surface area contributed by atoms with Crippen LogP contribution in [0.4, 0.5) is 11.4 Å². The Morgan fingerprint density at radius 1 is 1.14 bits per heavy atom. The number of aryl methyl sites for hydroxylation is 1. The van der Waals surface area contributed by atoms with Gasteiger partial charge < -0.3 is 5.32 Å². The van der Waals surface area contributed by atoms with Crippen LogP contribution in [-0.4, -0.2) is 10.8 Å². The topological polar surface area (TPSA) is 72.2 Å². The summed E-state index contributed by atoms with van der Waals surface area (Å²) in [6.45, 7) is 1.77. The molecule has 108 valence electrons. The van der Waals surface area contributed by atoms with Crippen LogP contribution < -0.4 is 5.32 Å². The Hall–Kier alpha value is -1.73. The second kappa shape index (κ2) is 6.36. The second-order valence-corrected chi connectivity index (χ2v) is 6.20. The summed E-state index contributed by atoms with van der Waals surface area (Å²) in [5, 5.41) is 13.5. The molecule has 0 fully saturated rings. The molecule has 0 spiro atoms. The van der Waals surface area contributed by atoms with Crippen LogP contribution in [0.2, 0.25) is 0 Å². The van der Waals surface area contributed by atoms with E-state index in [9.17, 15) is 14.9 Å². The number of nitrogens with zero attached hydrogens (tertiary/aromatic N) is 1. The highest BCUT2D eigenvalue weighted by Crippen LogP contribution is 2.24. The van der Waals surface area contributed by atoms with Gasteiger partial charge in [-0.05, 0) is 30.7 Å². The molecule has 0 aliphatic rings. The minimum Gasteiger partial charge on any atom is -0.321 e. The summed E-state index contributed by atoms with van der Waals surface area (Å²) < 4.78 is 1.52. The van der Waals surface area contributed by atoms with Crippen molar-refractivity contribution in [2.24, 2.45) is 0 Å². The number of rotatable bonds is 3. The molecule has 0 aliphatic heterocycles. The first-order valence-corrected chi connectivity index (χ1v) is 7.48. The summed E-state index contributed by atoms with van der Waals surface area (Å²) in [4.78, 5) is 22.5. The number of non-ortho nitro benzene ring substituents is 1. The highest BCUT2D eigenvalue weighted by atomic mass is 79.9. The van der Waals surface area contributed by atoms with E-state index < -0.39 is 4.92 Å². The average Bonchev–Trinajstić information content (AvgIpc) is 2.39. The average molecular weight is 414 g/mol. The fraction of sp³-hybridized carbons (Fsp3) is 0.0714. The first kappa shape index (κ1) is 15.7. The van der Waals surface area contributed by atoms with E-state index in [0.29, 0.717) is 11.3 Å². The number of hydrogen-bond acceptors (Lipinski definition) is 3. The van der Waals surface area contributed by atoms with E-state index >= 15 is 0 Å². The molecule has 0 aliphatic carbocycles. The lowest BCUT2D eigenvalue weighted by atomic mass is 10.1. The number of carbonyl (C=O) groups is 1. The first-order valence-electron chi connectivity index (χ1n) is 5.89. The molecule has 0 heterocycles. The van der Waals surface area contributed by atoms with Crippen molar-refractivity contribution < 1.29 is 9.72 Å². The maximum atomic E-state index is 12.2. The fourth-order valence-electron chi connectivity index (χ4n) is 1.74. The lowest BCUT2D eigenvalue weighted by molar-refractivity contribution is -0.384. The predicted octanol–water partition coefficient (Wildman–Crippen LogP) is 4.68. The van der Waals surface area contributed by atoms with Gasteiger partial charge in [0.25, 0.3) is 11.6 Å². The van der Waals surface area contributed by atoms with Crippen molar-refractivity contribution in [2.45, 2.75) is 6.92 Å². The van der Waals surface area contributed by atoms with Crippen molar-refractivity contribution in [3.63, 3.8) is 0 Å². The molecule has 5 nitrogen and oxygen atoms in total. The molecule has 2 rings (SSSR count). The van der Waals surface area contributed by atoms with Crippen LogP contribution in [0.3, 0.4) is 0 Å². The Morgan fingerprint density at radius 2 is 1.76 bits per heavy atom. The number of hydrogen-bond donors (Lipinski definition) is 1. The standard InChI is InChI=1S/C14H10Br2N2O3/c1-8-2-3-12(18(20)21)7-13(8)17-14(19)9-4-10(15)6-11(16)5-9/h2-7H,1H3,(H,17,19). The van der Waals surface area contributed by atoms with Crippen LogP contribution in [-0.2, 0) is 0 Å². The van der Waals surface area contributed by atoms with Crippen molar-refractivity contribution in [1.29, 1.82) is 0 Å². The van der Waals surface area contributed by atoms with Crippen LogP contribution in [0.5, 0.6) is 0 Å². The van der Waals surface area contributed by atoms with Gasteiger partial charge in [-0.15, -0.1) is 0 Å². The zero-order chi connectivity index (χ0) is 15.6. The Balaban J connectivity index is 2.31. The molecule has 2 aromatic carbocycles. The number of nitro benzene ring substituents is 1. The largest absolute Gasteiger partial charge is 0.321 e. The predicted molar refractivity (Wildman–Crippen MR) is 87.6 cm³/mol. The third-order valence-corrected chi connectivity index (χ3v) is 3.72. The Morgan fingerprint density at radius 3 is 2.33 bits per heavy atom. The summed E-state index contributed by atoms with van der Waals surface area (Å²) in [5.41, 5.74) is 1.56. The Kier molecular flexibility index (Phi) is 4.74. The van der Waals surface area contributed by atoms with Gasteiger partial charge >= 0.3 is 0 Å². The fourth-order valence-corrected chi connectivity index (χ4v) is 3.03. The molecule has 0 atom stereocenters. The normalized spacial score (nSPS) is 10.2. The minimum atomic E-state index is -0.495. The second-order valence-electron chi connectivity index (χ2n) is 4.37. The molecule has 0 saturated carbocycles. The summed E-state index contributed by atoms with van der Waals surface area (Å²) in [5.74, 6) is -0.333. The molecule has 0 saturated heterocycles. The molecule has 2 aromatic rings. The van der Waals surface area contributed by atoms with Gasteiger partial charge in [0.05, 0.1) is 10.6 Å². The molecule has 0 radical (unpaired) electrons. The molecular formula is C14H10Br2N2O3. The molecule has 0 bridgehead atoms. The van der Waals surface area contributed by atoms with Gasteiger partial charge in [0, 0.05) is 26.6 Å². The number of anilines is 1. The van der Waals surface area contributed by atoms with E-state index in [2.05, 4.69) is 37.2 Å². The van der Waals surface area contributed by atoms with Crippen LogP contribution >= 0.6 is 31.9 Å². The van der Waals surface area contributed by atoms with Crippen LogP contribution in [0.15, 0.2) is 45.3 Å². The van der Waals surface area contributed by atoms with Crippen molar-refractivity contribution in [3.05, 3.63) is 66.6 Å². The van der Waals surface area contributed by atoms with Crippen molar-refractivity contribution in [1.82, 2.24) is 0 Å². The summed E-state index contributed by atoms with van der Waals surface area (Å²) in [7, 11) is 0. The molecule has 1 amide bonds. The molecule has 21 heavy (non-hydrogen) atoms. The maximum absolute atomic E-state index is 12.2. The highest BCUT2D eigenvalue weighted by Gasteiger charge is 2.13. The van der Waals surface area contributed by atoms with Gasteiger partial charge in [-0.3, -0.25) is 14.9 Å². The van der Waals surface area contributed by atoms with Crippen LogP contribution in [0.25, 0.3) is 0 Å². The monoisotopic (exact) mass is 412 g/mol. The molecule has 0 aromatic heterocycles. The zero-order valence-electron chi connectivity index (χ0n) is 10.9. The van der Waals surface area contributed by atoms with Gasteiger partial charge in [-0.2, -0.15) is 0 Å². The Bertz CT molecular complexity index is 712. The number of benzene rings is 2. The van der Waals surface area contributed by atoms with Gasteiger partial charge in [-0.1, -0.05) is 37.9 Å². The lowest BCUT2D eigenvalue weighted by Crippen LogP contribution is -2.13. The van der Waals surface area contributed by atoms with Crippen LogP contribution in [0, 0.1) is 17.0 Å². The third kappa shape index (κ3) is 3.89. The molecule has 7 heteroatoms. The summed E-state index contributed by atoms with van der Waals surface area (Å²) in [6, 6.07) is 9.51. The SMILES string of the molecule is Cc1ccc([N+](=O)[O-])cc1NC(=O)c1cc(Br)cc(Br)c1. The van der Waals surface area contributed by atoms with Crippen molar-refractivity contribution in [3.8, 4) is 0 Å². The first-order chi connectivity index (χ1) is 9.86. The number of nitro groups is 1. The van der Waals surface area contributed by atoms with E-state index in [0.717, 1.165) is 14.5 Å². The van der Waals surface area contributed by atoms with E-state index in [-0.39, 0.29) is 11.6 Å². The quantitative estimate of drug-likeness (QED) is 0.586. The highest BCUT2D eigenvalue weighted by molar-refractivity contribution is 9.11. The molecular weight excluding hydrogens is 404 g/mol. The van der Waals surface area contributed by atoms with Crippen molar-refractivity contribution in [2.75, 3.05) is 5.32 Å². The third-order valence-electron chi connectivity index (χ3n) is 2.80. The van der Waals surface area contributed by atoms with Gasteiger partial charge in [-0.25, -0.2) is 0 Å². The number of carbonyl (C=O) groups excluding carboxylic acids is 1. The number of amides is 1. The summed E-state index contributed by atoms with van der Waals surface area (Å²) >= 11 is 6.63. The van der Waals surface area contributed by atoms with Crippen molar-refractivity contribution >= 4 is 49.1 Å². The van der Waals surface area contributed by atoms with E-state index in [1.807, 2.05) is 6.07 Å². The molecule has 1 N–H and O–H groups in total. The number of halogens is 2. The zero-order valence-corrected chi connectivity index (χ0v) is 14.1. The minimum absolute atomic E-state index is 0.0636. The van der Waals surface area contributed by atoms with E-state index in [1.54, 1.807) is 25.1 Å². The van der Waals surface area contributed by atoms with E-state index in [1.165, 1.54) is 12.1 Å².